The number of benzene rings is 2. The molecule has 2 aliphatic rings. The molecule has 0 saturated heterocycles. The first kappa shape index (κ1) is 21.5. The summed E-state index contributed by atoms with van der Waals surface area (Å²) in [4.78, 5) is 29.9. The van der Waals surface area contributed by atoms with Crippen LogP contribution in [0.1, 0.15) is 34.7 Å². The summed E-state index contributed by atoms with van der Waals surface area (Å²) in [5.74, 6) is -5.82. The number of pyridine rings is 1. The summed E-state index contributed by atoms with van der Waals surface area (Å²) in [6, 6.07) is 14.4. The van der Waals surface area contributed by atoms with Crippen LogP contribution in [-0.4, -0.2) is 21.8 Å². The number of alkyl halides is 2. The number of ketones is 1. The lowest BCUT2D eigenvalue weighted by atomic mass is 9.71. The normalized spacial score (nSPS) is 27.8. The lowest BCUT2D eigenvalue weighted by Gasteiger charge is -2.39. The topological polar surface area (TPSA) is 99.5 Å². The smallest absolute Gasteiger partial charge is 0.263 e. The van der Waals surface area contributed by atoms with Crippen molar-refractivity contribution in [3.8, 4) is 5.75 Å². The van der Waals surface area contributed by atoms with E-state index in [9.17, 15) is 28.6 Å². The van der Waals surface area contributed by atoms with E-state index in [4.69, 9.17) is 16.3 Å². The number of carboxylic acid groups (broad SMARTS) is 1. The third-order valence-corrected chi connectivity index (χ3v) is 6.59. The number of fused-ring (bicyclic) bond motifs is 3. The number of aromatic nitrogens is 1. The van der Waals surface area contributed by atoms with Crippen LogP contribution in [0.15, 0.2) is 66.9 Å². The van der Waals surface area contributed by atoms with Crippen LogP contribution in [0.25, 0.3) is 0 Å². The van der Waals surface area contributed by atoms with Crippen LogP contribution in [0.4, 0.5) is 8.78 Å². The van der Waals surface area contributed by atoms with Crippen LogP contribution in [0.5, 0.6) is 5.75 Å². The molecule has 1 aliphatic carbocycles. The van der Waals surface area contributed by atoms with Gasteiger partial charge in [0, 0.05) is 23.7 Å². The Labute approximate surface area is 191 Å². The second-order valence-electron chi connectivity index (χ2n) is 8.02. The highest BCUT2D eigenvalue weighted by Gasteiger charge is 2.77. The van der Waals surface area contributed by atoms with Gasteiger partial charge in [-0.25, -0.2) is 8.78 Å². The molecule has 1 fully saturated rings. The minimum Gasteiger partial charge on any atom is -0.549 e. The number of carbonyl (C=O) groups is 2. The van der Waals surface area contributed by atoms with Gasteiger partial charge in [-0.2, -0.15) is 0 Å². The minimum absolute atomic E-state index is 0.00554. The molecule has 168 valence electrons. The maximum atomic E-state index is 13.6. The maximum absolute atomic E-state index is 13.6. The predicted octanol–water partition coefficient (Wildman–Crippen LogP) is 2.88. The maximum Gasteiger partial charge on any atom is 0.263 e. The molecule has 1 N–H and O–H groups in total. The van der Waals surface area contributed by atoms with Gasteiger partial charge in [-0.3, -0.25) is 9.78 Å². The monoisotopic (exact) mass is 470 g/mol. The molecule has 9 heteroatoms. The lowest BCUT2D eigenvalue weighted by Crippen LogP contribution is -2.51. The Kier molecular flexibility index (Phi) is 4.77. The zero-order valence-electron chi connectivity index (χ0n) is 16.7. The Bertz CT molecular complexity index is 1270. The van der Waals surface area contributed by atoms with E-state index in [2.05, 4.69) is 4.98 Å². The van der Waals surface area contributed by atoms with Crippen LogP contribution in [0.2, 0.25) is 5.02 Å². The van der Waals surface area contributed by atoms with Crippen LogP contribution in [0, 0.1) is 5.92 Å². The van der Waals surface area contributed by atoms with Crippen molar-refractivity contribution >= 4 is 23.4 Å². The van der Waals surface area contributed by atoms with E-state index >= 15 is 0 Å². The molecular weight excluding hydrogens is 456 g/mol. The van der Waals surface area contributed by atoms with E-state index in [-0.39, 0.29) is 27.6 Å². The summed E-state index contributed by atoms with van der Waals surface area (Å²) in [7, 11) is 0. The molecule has 0 radical (unpaired) electrons. The molecular formula is C24H15ClF2NO5-. The molecule has 1 saturated carbocycles. The molecule has 3 aromatic rings. The highest BCUT2D eigenvalue weighted by atomic mass is 35.5. The second kappa shape index (κ2) is 7.33. The quantitative estimate of drug-likeness (QED) is 0.589. The van der Waals surface area contributed by atoms with Crippen molar-refractivity contribution in [2.75, 3.05) is 0 Å². The number of aliphatic carboxylic acids is 1. The van der Waals surface area contributed by atoms with E-state index in [1.54, 1.807) is 30.3 Å². The fourth-order valence-electron chi connectivity index (χ4n) is 5.05. The molecule has 1 aliphatic heterocycles. The van der Waals surface area contributed by atoms with Crippen LogP contribution >= 0.6 is 11.6 Å². The average molecular weight is 471 g/mol. The van der Waals surface area contributed by atoms with Crippen LogP contribution < -0.4 is 9.84 Å². The molecule has 2 heterocycles. The van der Waals surface area contributed by atoms with Gasteiger partial charge < -0.3 is 19.7 Å². The second-order valence-corrected chi connectivity index (χ2v) is 8.46. The Balaban J connectivity index is 1.85. The highest BCUT2D eigenvalue weighted by Crippen LogP contribution is 2.66. The number of carbonyl (C=O) groups excluding carboxylic acids is 2. The van der Waals surface area contributed by atoms with Gasteiger partial charge >= 0.3 is 0 Å². The summed E-state index contributed by atoms with van der Waals surface area (Å²) in [6.07, 6.45) is -1.54. The van der Waals surface area contributed by atoms with E-state index in [1.165, 1.54) is 24.4 Å². The van der Waals surface area contributed by atoms with Crippen molar-refractivity contribution in [2.24, 2.45) is 5.92 Å². The zero-order valence-corrected chi connectivity index (χ0v) is 17.5. The van der Waals surface area contributed by atoms with Crippen molar-refractivity contribution in [1.29, 1.82) is 0 Å². The zero-order chi connectivity index (χ0) is 23.5. The first-order valence-electron chi connectivity index (χ1n) is 9.98. The van der Waals surface area contributed by atoms with Crippen LogP contribution in [-0.2, 0) is 20.8 Å². The minimum atomic E-state index is -2.75. The summed E-state index contributed by atoms with van der Waals surface area (Å²) >= 11 is 6.04. The van der Waals surface area contributed by atoms with Crippen molar-refractivity contribution in [2.45, 2.75) is 23.5 Å². The summed E-state index contributed by atoms with van der Waals surface area (Å²) in [6.45, 7) is 0. The molecule has 0 amide bonds. The first-order valence-corrected chi connectivity index (χ1v) is 10.4. The van der Waals surface area contributed by atoms with Gasteiger partial charge in [-0.05, 0) is 11.1 Å². The van der Waals surface area contributed by atoms with Gasteiger partial charge in [-0.15, -0.1) is 0 Å². The highest BCUT2D eigenvalue weighted by molar-refractivity contribution is 6.30. The number of aliphatic hydroxyl groups is 1. The first-order chi connectivity index (χ1) is 15.7. The van der Waals surface area contributed by atoms with Gasteiger partial charge in [0.25, 0.3) is 6.43 Å². The third-order valence-electron chi connectivity index (χ3n) is 6.39. The number of ether oxygens (including phenoxy) is 1. The summed E-state index contributed by atoms with van der Waals surface area (Å²) in [5.41, 5.74) is -4.52. The molecule has 4 atom stereocenters. The SMILES string of the molecule is O=C([O-])[C@H]1C(=O)[C@@]2(O)c3ncc(Cl)cc3O[C@@]2(c2ccc(C(F)F)cc2)[C@@H]1c1ccccc1. The number of rotatable bonds is 4. The van der Waals surface area contributed by atoms with Crippen molar-refractivity contribution in [3.05, 3.63) is 94.3 Å². The Morgan fingerprint density at radius 3 is 2.42 bits per heavy atom. The number of hydrogen-bond donors (Lipinski definition) is 1. The van der Waals surface area contributed by atoms with Gasteiger partial charge in [0.15, 0.2) is 11.4 Å². The molecule has 2 aromatic carbocycles. The van der Waals surface area contributed by atoms with Gasteiger partial charge in [0.1, 0.15) is 11.4 Å². The number of hydrogen-bond acceptors (Lipinski definition) is 6. The molecule has 0 spiro atoms. The number of Topliss-reactive ketones (excluding diaryl/α,β-unsaturated/α-hetero) is 1. The summed E-state index contributed by atoms with van der Waals surface area (Å²) in [5, 5.41) is 24.3. The predicted molar refractivity (Wildman–Crippen MR) is 110 cm³/mol. The number of nitrogens with zero attached hydrogens (tertiary/aromatic N) is 1. The lowest BCUT2D eigenvalue weighted by molar-refractivity contribution is -0.310. The van der Waals surface area contributed by atoms with Crippen molar-refractivity contribution in [3.63, 3.8) is 0 Å². The number of halogens is 3. The number of carboxylic acids is 1. The van der Waals surface area contributed by atoms with Gasteiger partial charge in [0.2, 0.25) is 5.60 Å². The van der Waals surface area contributed by atoms with E-state index in [0.29, 0.717) is 5.56 Å². The molecule has 6 nitrogen and oxygen atoms in total. The largest absolute Gasteiger partial charge is 0.549 e. The Morgan fingerprint density at radius 1 is 1.15 bits per heavy atom. The van der Waals surface area contributed by atoms with E-state index in [0.717, 1.165) is 12.1 Å². The van der Waals surface area contributed by atoms with Gasteiger partial charge in [0.05, 0.1) is 16.9 Å². The Hall–Kier alpha value is -3.36. The molecule has 1 aromatic heterocycles. The third kappa shape index (κ3) is 2.77. The Morgan fingerprint density at radius 2 is 1.82 bits per heavy atom. The molecule has 5 rings (SSSR count). The van der Waals surface area contributed by atoms with Crippen LogP contribution in [0.3, 0.4) is 0 Å². The van der Waals surface area contributed by atoms with E-state index in [1.807, 2.05) is 0 Å². The summed E-state index contributed by atoms with van der Waals surface area (Å²) < 4.78 is 32.6. The standard InChI is InChI=1S/C24H16ClF2NO5/c25-15-10-16-19(28-11-15)23(32)20(29)17(22(30)31)18(12-4-2-1-3-5-12)24(23,33-16)14-8-6-13(7-9-14)21(26)27/h1-11,17-18,21,32H,(H,30,31)/p-1/t17-,18-,23+,24+/m1/s1. The molecule has 0 unspecified atom stereocenters. The molecule has 0 bridgehead atoms. The fourth-order valence-corrected chi connectivity index (χ4v) is 5.19. The van der Waals surface area contributed by atoms with Gasteiger partial charge in [-0.1, -0.05) is 66.2 Å². The fraction of sp³-hybridized carbons (Fsp3) is 0.208. The van der Waals surface area contributed by atoms with Crippen molar-refractivity contribution in [1.82, 2.24) is 4.98 Å². The molecule has 33 heavy (non-hydrogen) atoms. The average Bonchev–Trinajstić information content (AvgIpc) is 3.17. The van der Waals surface area contributed by atoms with E-state index < -0.39 is 41.2 Å². The van der Waals surface area contributed by atoms with Crippen molar-refractivity contribution < 1.29 is 33.3 Å².